The molecule has 1 aromatic carbocycles. The molecular formula is C18H21N3O2. The van der Waals surface area contributed by atoms with Crippen molar-refractivity contribution in [2.24, 2.45) is 5.92 Å². The molecular weight excluding hydrogens is 290 g/mol. The fourth-order valence-electron chi connectivity index (χ4n) is 2.73. The maximum atomic E-state index is 12.5. The molecule has 2 aromatic rings. The number of carbonyl (C=O) groups excluding carboxylic acids is 1. The monoisotopic (exact) mass is 311 g/mol. The van der Waals surface area contributed by atoms with Crippen molar-refractivity contribution >= 4 is 5.91 Å². The molecule has 1 aliphatic carbocycles. The summed E-state index contributed by atoms with van der Waals surface area (Å²) in [5.41, 5.74) is 2.09. The molecule has 1 aliphatic rings. The zero-order chi connectivity index (χ0) is 16.2. The van der Waals surface area contributed by atoms with E-state index < -0.39 is 0 Å². The number of aryl methyl sites for hydroxylation is 1. The number of carbonyl (C=O) groups is 1. The number of nitrogens with one attached hydrogen (secondary N) is 1. The molecule has 1 unspecified atom stereocenters. The Morgan fingerprint density at radius 3 is 2.70 bits per heavy atom. The summed E-state index contributed by atoms with van der Waals surface area (Å²) in [5, 5.41) is 12.2. The molecule has 1 atom stereocenters. The van der Waals surface area contributed by atoms with Crippen LogP contribution in [0.3, 0.4) is 0 Å². The lowest BCUT2D eigenvalue weighted by molar-refractivity contribution is 0.0923. The Bertz CT molecular complexity index is 684. The highest BCUT2D eigenvalue weighted by molar-refractivity contribution is 5.95. The third-order valence-corrected chi connectivity index (χ3v) is 4.20. The topological polar surface area (TPSA) is 75.1 Å². The molecule has 0 spiro atoms. The first-order valence-electron chi connectivity index (χ1n) is 8.00. The molecule has 1 aromatic heterocycles. The third-order valence-electron chi connectivity index (χ3n) is 4.20. The maximum Gasteiger partial charge on any atom is 0.254 e. The van der Waals surface area contributed by atoms with Crippen molar-refractivity contribution in [3.05, 3.63) is 47.8 Å². The van der Waals surface area contributed by atoms with E-state index in [1.165, 1.54) is 0 Å². The molecule has 5 heteroatoms. The van der Waals surface area contributed by atoms with Crippen LogP contribution in [0.15, 0.2) is 36.5 Å². The number of nitrogens with zero attached hydrogens (tertiary/aromatic N) is 2. The van der Waals surface area contributed by atoms with Crippen molar-refractivity contribution in [3.8, 4) is 11.4 Å². The average molecular weight is 311 g/mol. The minimum atomic E-state index is -0.160. The SMILES string of the molecule is Cc1nc(-c2ccccc2)ncc1C(=O)NC(CCO)C1CC1. The van der Waals surface area contributed by atoms with Crippen LogP contribution in [-0.4, -0.2) is 33.6 Å². The second-order valence-corrected chi connectivity index (χ2v) is 5.99. The number of benzene rings is 1. The quantitative estimate of drug-likeness (QED) is 0.858. The van der Waals surface area contributed by atoms with E-state index in [4.69, 9.17) is 5.11 Å². The van der Waals surface area contributed by atoms with Gasteiger partial charge in [-0.2, -0.15) is 0 Å². The smallest absolute Gasteiger partial charge is 0.254 e. The number of aliphatic hydroxyl groups is 1. The first kappa shape index (κ1) is 15.6. The van der Waals surface area contributed by atoms with E-state index in [9.17, 15) is 4.79 Å². The Balaban J connectivity index is 1.76. The van der Waals surface area contributed by atoms with E-state index in [0.29, 0.717) is 29.4 Å². The highest BCUT2D eigenvalue weighted by Gasteiger charge is 2.32. The number of hydrogen-bond donors (Lipinski definition) is 2. The Labute approximate surface area is 135 Å². The van der Waals surface area contributed by atoms with Gasteiger partial charge >= 0.3 is 0 Å². The summed E-state index contributed by atoms with van der Waals surface area (Å²) >= 11 is 0. The first-order chi connectivity index (χ1) is 11.2. The van der Waals surface area contributed by atoms with Gasteiger partial charge in [-0.1, -0.05) is 30.3 Å². The number of aromatic nitrogens is 2. The number of rotatable bonds is 6. The van der Waals surface area contributed by atoms with Gasteiger partial charge in [-0.15, -0.1) is 0 Å². The van der Waals surface area contributed by atoms with Crippen LogP contribution in [0.5, 0.6) is 0 Å². The second-order valence-electron chi connectivity index (χ2n) is 5.99. The number of amides is 1. The van der Waals surface area contributed by atoms with Crippen molar-refractivity contribution in [1.29, 1.82) is 0 Å². The number of aliphatic hydroxyl groups excluding tert-OH is 1. The summed E-state index contributed by atoms with van der Waals surface area (Å²) in [4.78, 5) is 21.2. The summed E-state index contributed by atoms with van der Waals surface area (Å²) in [6.07, 6.45) is 4.42. The van der Waals surface area contributed by atoms with Crippen molar-refractivity contribution in [2.45, 2.75) is 32.2 Å². The van der Waals surface area contributed by atoms with E-state index in [-0.39, 0.29) is 18.6 Å². The van der Waals surface area contributed by atoms with Gasteiger partial charge in [-0.3, -0.25) is 4.79 Å². The molecule has 120 valence electrons. The first-order valence-corrected chi connectivity index (χ1v) is 8.00. The molecule has 5 nitrogen and oxygen atoms in total. The van der Waals surface area contributed by atoms with Crippen molar-refractivity contribution in [1.82, 2.24) is 15.3 Å². The molecule has 0 radical (unpaired) electrons. The summed E-state index contributed by atoms with van der Waals surface area (Å²) in [5.74, 6) is 0.956. The largest absolute Gasteiger partial charge is 0.396 e. The van der Waals surface area contributed by atoms with E-state index in [1.54, 1.807) is 6.20 Å². The van der Waals surface area contributed by atoms with Crippen LogP contribution < -0.4 is 5.32 Å². The van der Waals surface area contributed by atoms with Crippen LogP contribution in [-0.2, 0) is 0 Å². The second kappa shape index (κ2) is 6.87. The summed E-state index contributed by atoms with van der Waals surface area (Å²) in [6, 6.07) is 9.74. The lowest BCUT2D eigenvalue weighted by Crippen LogP contribution is -2.37. The van der Waals surface area contributed by atoms with Crippen LogP contribution in [0.25, 0.3) is 11.4 Å². The molecule has 1 amide bonds. The van der Waals surface area contributed by atoms with E-state index in [0.717, 1.165) is 18.4 Å². The highest BCUT2D eigenvalue weighted by atomic mass is 16.3. The minimum Gasteiger partial charge on any atom is -0.396 e. The van der Waals surface area contributed by atoms with Gasteiger partial charge in [0.15, 0.2) is 5.82 Å². The minimum absolute atomic E-state index is 0.0423. The summed E-state index contributed by atoms with van der Waals surface area (Å²) in [7, 11) is 0. The normalized spacial score (nSPS) is 15.2. The molecule has 0 aliphatic heterocycles. The number of hydrogen-bond acceptors (Lipinski definition) is 4. The van der Waals surface area contributed by atoms with Gasteiger partial charge in [0, 0.05) is 24.4 Å². The average Bonchev–Trinajstić information content (AvgIpc) is 3.40. The van der Waals surface area contributed by atoms with Gasteiger partial charge in [-0.25, -0.2) is 9.97 Å². The fraction of sp³-hybridized carbons (Fsp3) is 0.389. The summed E-state index contributed by atoms with van der Waals surface area (Å²) in [6.45, 7) is 1.91. The maximum absolute atomic E-state index is 12.5. The molecule has 0 bridgehead atoms. The van der Waals surface area contributed by atoms with Gasteiger partial charge in [0.25, 0.3) is 5.91 Å². The predicted octanol–water partition coefficient (Wildman–Crippen LogP) is 2.34. The zero-order valence-electron chi connectivity index (χ0n) is 13.2. The van der Waals surface area contributed by atoms with Crippen molar-refractivity contribution in [2.75, 3.05) is 6.61 Å². The standard InChI is InChI=1S/C18H21N3O2/c1-12-15(18(23)21-16(9-10-22)13-7-8-13)11-19-17(20-12)14-5-3-2-4-6-14/h2-6,11,13,16,22H,7-10H2,1H3,(H,21,23). The van der Waals surface area contributed by atoms with Gasteiger partial charge in [-0.05, 0) is 32.1 Å². The lowest BCUT2D eigenvalue weighted by Gasteiger charge is -2.17. The van der Waals surface area contributed by atoms with E-state index >= 15 is 0 Å². The lowest BCUT2D eigenvalue weighted by atomic mass is 10.1. The van der Waals surface area contributed by atoms with E-state index in [1.807, 2.05) is 37.3 Å². The van der Waals surface area contributed by atoms with Crippen LogP contribution in [0.4, 0.5) is 0 Å². The Morgan fingerprint density at radius 2 is 2.09 bits per heavy atom. The Morgan fingerprint density at radius 1 is 1.35 bits per heavy atom. The van der Waals surface area contributed by atoms with Gasteiger partial charge in [0.1, 0.15) is 0 Å². The van der Waals surface area contributed by atoms with E-state index in [2.05, 4.69) is 15.3 Å². The zero-order valence-corrected chi connectivity index (χ0v) is 13.2. The third kappa shape index (κ3) is 3.74. The van der Waals surface area contributed by atoms with Gasteiger partial charge < -0.3 is 10.4 Å². The molecule has 1 fully saturated rings. The highest BCUT2D eigenvalue weighted by Crippen LogP contribution is 2.34. The van der Waals surface area contributed by atoms with Gasteiger partial charge in [0.2, 0.25) is 0 Å². The van der Waals surface area contributed by atoms with Crippen LogP contribution in [0, 0.1) is 12.8 Å². The Kier molecular flexibility index (Phi) is 4.67. The van der Waals surface area contributed by atoms with Crippen LogP contribution in [0.2, 0.25) is 0 Å². The fourth-order valence-corrected chi connectivity index (χ4v) is 2.73. The molecule has 2 N–H and O–H groups in total. The molecule has 3 rings (SSSR count). The summed E-state index contributed by atoms with van der Waals surface area (Å²) < 4.78 is 0. The Hall–Kier alpha value is -2.27. The molecule has 1 heterocycles. The molecule has 1 saturated carbocycles. The van der Waals surface area contributed by atoms with Crippen LogP contribution >= 0.6 is 0 Å². The molecule has 23 heavy (non-hydrogen) atoms. The molecule has 0 saturated heterocycles. The van der Waals surface area contributed by atoms with Gasteiger partial charge in [0.05, 0.1) is 11.3 Å². The van der Waals surface area contributed by atoms with Crippen molar-refractivity contribution < 1.29 is 9.90 Å². The van der Waals surface area contributed by atoms with Crippen molar-refractivity contribution in [3.63, 3.8) is 0 Å². The van der Waals surface area contributed by atoms with Crippen LogP contribution in [0.1, 0.15) is 35.3 Å². The predicted molar refractivity (Wildman–Crippen MR) is 87.9 cm³/mol.